The molecule has 0 saturated carbocycles. The maximum atomic E-state index is 10.8. The van der Waals surface area contributed by atoms with Crippen LogP contribution in [0, 0.1) is 0 Å². The van der Waals surface area contributed by atoms with E-state index in [0.717, 1.165) is 12.8 Å². The average Bonchev–Trinajstić information content (AvgIpc) is 2.05. The van der Waals surface area contributed by atoms with E-state index in [0.29, 0.717) is 5.56 Å². The molecule has 72 valence electrons. The summed E-state index contributed by atoms with van der Waals surface area (Å²) in [6.45, 7) is 2.11. The van der Waals surface area contributed by atoms with Crippen molar-refractivity contribution in [1.82, 2.24) is 0 Å². The van der Waals surface area contributed by atoms with Crippen LogP contribution in [0.5, 0.6) is 0 Å². The van der Waals surface area contributed by atoms with E-state index in [9.17, 15) is 4.79 Å². The maximum absolute atomic E-state index is 10.8. The van der Waals surface area contributed by atoms with E-state index in [1.54, 1.807) is 6.07 Å². The lowest BCUT2D eigenvalue weighted by Crippen LogP contribution is -2.10. The van der Waals surface area contributed by atoms with Crippen LogP contribution < -0.4 is 5.73 Å². The molecule has 0 saturated heterocycles. The largest absolute Gasteiger partial charge is 0.366 e. The highest BCUT2D eigenvalue weighted by atomic mass is 35.5. The van der Waals surface area contributed by atoms with Crippen molar-refractivity contribution in [2.75, 3.05) is 0 Å². The molecule has 2 N–H and O–H groups in total. The highest BCUT2D eigenvalue weighted by molar-refractivity contribution is 5.92. The molecule has 1 aromatic rings. The van der Waals surface area contributed by atoms with Crippen molar-refractivity contribution >= 4 is 18.3 Å². The van der Waals surface area contributed by atoms with E-state index in [-0.39, 0.29) is 18.3 Å². The van der Waals surface area contributed by atoms with Crippen LogP contribution in [0.25, 0.3) is 0 Å². The number of carbonyl (C=O) groups excluding carboxylic acids is 1. The van der Waals surface area contributed by atoms with Gasteiger partial charge in [0.15, 0.2) is 0 Å². The van der Waals surface area contributed by atoms with Gasteiger partial charge in [0, 0.05) is 5.56 Å². The number of carbonyl (C=O) groups is 1. The summed E-state index contributed by atoms with van der Waals surface area (Å²) in [6, 6.07) is 7.47. The van der Waals surface area contributed by atoms with E-state index < -0.39 is 0 Å². The second-order valence-electron chi connectivity index (χ2n) is 2.81. The number of benzene rings is 1. The molecule has 3 heteroatoms. The van der Waals surface area contributed by atoms with Crippen LogP contribution in [0.3, 0.4) is 0 Å². The Morgan fingerprint density at radius 2 is 2.15 bits per heavy atom. The second kappa shape index (κ2) is 5.60. The smallest absolute Gasteiger partial charge is 0.248 e. The van der Waals surface area contributed by atoms with Crippen molar-refractivity contribution in [3.05, 3.63) is 35.4 Å². The Bertz CT molecular complexity index is 286. The van der Waals surface area contributed by atoms with Gasteiger partial charge < -0.3 is 5.73 Å². The van der Waals surface area contributed by atoms with Gasteiger partial charge in [0.1, 0.15) is 0 Å². The molecule has 0 radical (unpaired) electrons. The van der Waals surface area contributed by atoms with Crippen LogP contribution in [-0.4, -0.2) is 5.91 Å². The number of hydrogen-bond acceptors (Lipinski definition) is 1. The molecule has 0 aliphatic carbocycles. The maximum Gasteiger partial charge on any atom is 0.248 e. The lowest BCUT2D eigenvalue weighted by molar-refractivity contribution is 0.1000. The van der Waals surface area contributed by atoms with Gasteiger partial charge in [0.2, 0.25) is 5.91 Å². The standard InChI is InChI=1S/C10H13NO.ClH/c1-2-4-8-5-3-6-9(7-8)10(11)12;/h3,5-7H,2,4H2,1H3,(H2,11,12);1H. The summed E-state index contributed by atoms with van der Waals surface area (Å²) in [5, 5.41) is 0. The van der Waals surface area contributed by atoms with E-state index >= 15 is 0 Å². The molecule has 2 nitrogen and oxygen atoms in total. The van der Waals surface area contributed by atoms with Gasteiger partial charge in [0.05, 0.1) is 0 Å². The number of rotatable bonds is 3. The molecule has 1 rings (SSSR count). The Labute approximate surface area is 84.5 Å². The molecular weight excluding hydrogens is 186 g/mol. The molecule has 0 aliphatic heterocycles. The quantitative estimate of drug-likeness (QED) is 0.797. The highest BCUT2D eigenvalue weighted by Gasteiger charge is 1.99. The molecule has 0 atom stereocenters. The normalized spacial score (nSPS) is 9.00. The lowest BCUT2D eigenvalue weighted by atomic mass is 10.1. The lowest BCUT2D eigenvalue weighted by Gasteiger charge is -1.99. The van der Waals surface area contributed by atoms with E-state index in [1.807, 2.05) is 18.2 Å². The Hall–Kier alpha value is -1.02. The first-order valence-corrected chi connectivity index (χ1v) is 4.12. The summed E-state index contributed by atoms with van der Waals surface area (Å²) in [5.74, 6) is -0.354. The third kappa shape index (κ3) is 3.47. The van der Waals surface area contributed by atoms with Gasteiger partial charge in [0.25, 0.3) is 0 Å². The molecule has 0 fully saturated rings. The van der Waals surface area contributed by atoms with E-state index in [2.05, 4.69) is 6.92 Å². The summed E-state index contributed by atoms with van der Waals surface area (Å²) in [4.78, 5) is 10.8. The van der Waals surface area contributed by atoms with Crippen LogP contribution in [0.2, 0.25) is 0 Å². The van der Waals surface area contributed by atoms with Gasteiger partial charge in [-0.2, -0.15) is 0 Å². The molecule has 0 aliphatic rings. The SMILES string of the molecule is CCCc1cccc(C(N)=O)c1.Cl. The minimum Gasteiger partial charge on any atom is -0.366 e. The predicted octanol–water partition coefficient (Wildman–Crippen LogP) is 2.16. The van der Waals surface area contributed by atoms with E-state index in [4.69, 9.17) is 5.73 Å². The van der Waals surface area contributed by atoms with Gasteiger partial charge in [-0.1, -0.05) is 25.5 Å². The van der Waals surface area contributed by atoms with Gasteiger partial charge in [-0.15, -0.1) is 12.4 Å². The Morgan fingerprint density at radius 3 is 2.69 bits per heavy atom. The molecule has 1 amide bonds. The van der Waals surface area contributed by atoms with Crippen molar-refractivity contribution < 1.29 is 4.79 Å². The first kappa shape index (κ1) is 12.0. The zero-order valence-corrected chi connectivity index (χ0v) is 8.43. The average molecular weight is 200 g/mol. The molecule has 0 bridgehead atoms. The molecule has 13 heavy (non-hydrogen) atoms. The molecule has 0 spiro atoms. The number of nitrogens with two attached hydrogens (primary N) is 1. The fourth-order valence-corrected chi connectivity index (χ4v) is 1.17. The zero-order chi connectivity index (χ0) is 8.97. The molecule has 0 aromatic heterocycles. The summed E-state index contributed by atoms with van der Waals surface area (Å²) < 4.78 is 0. The summed E-state index contributed by atoms with van der Waals surface area (Å²) >= 11 is 0. The van der Waals surface area contributed by atoms with Crippen molar-refractivity contribution in [1.29, 1.82) is 0 Å². The number of hydrogen-bond donors (Lipinski definition) is 1. The van der Waals surface area contributed by atoms with Gasteiger partial charge in [-0.25, -0.2) is 0 Å². The van der Waals surface area contributed by atoms with Gasteiger partial charge >= 0.3 is 0 Å². The second-order valence-corrected chi connectivity index (χ2v) is 2.81. The summed E-state index contributed by atoms with van der Waals surface area (Å²) in [6.07, 6.45) is 2.09. The third-order valence-electron chi connectivity index (χ3n) is 1.75. The van der Waals surface area contributed by atoms with Crippen LogP contribution in [0.15, 0.2) is 24.3 Å². The fraction of sp³-hybridized carbons (Fsp3) is 0.300. The summed E-state index contributed by atoms with van der Waals surface area (Å²) in [7, 11) is 0. The van der Waals surface area contributed by atoms with Crippen molar-refractivity contribution in [3.63, 3.8) is 0 Å². The Balaban J connectivity index is 0.00000144. The third-order valence-corrected chi connectivity index (χ3v) is 1.75. The Kier molecular flexibility index (Phi) is 5.16. The molecule has 0 heterocycles. The van der Waals surface area contributed by atoms with Crippen LogP contribution in [0.1, 0.15) is 29.3 Å². The van der Waals surface area contributed by atoms with Crippen molar-refractivity contribution in [2.45, 2.75) is 19.8 Å². The highest BCUT2D eigenvalue weighted by Crippen LogP contribution is 2.06. The van der Waals surface area contributed by atoms with E-state index in [1.165, 1.54) is 5.56 Å². The monoisotopic (exact) mass is 199 g/mol. The van der Waals surface area contributed by atoms with Crippen LogP contribution in [-0.2, 0) is 6.42 Å². The first-order chi connectivity index (χ1) is 5.74. The molecular formula is C10H14ClNO. The first-order valence-electron chi connectivity index (χ1n) is 4.12. The molecule has 0 unspecified atom stereocenters. The zero-order valence-electron chi connectivity index (χ0n) is 7.62. The van der Waals surface area contributed by atoms with Crippen molar-refractivity contribution in [3.8, 4) is 0 Å². The van der Waals surface area contributed by atoms with Gasteiger partial charge in [-0.05, 0) is 24.1 Å². The number of halogens is 1. The van der Waals surface area contributed by atoms with Gasteiger partial charge in [-0.3, -0.25) is 4.79 Å². The topological polar surface area (TPSA) is 43.1 Å². The Morgan fingerprint density at radius 1 is 1.46 bits per heavy atom. The predicted molar refractivity (Wildman–Crippen MR) is 56.2 cm³/mol. The minimum atomic E-state index is -0.354. The minimum absolute atomic E-state index is 0. The number of amides is 1. The fourth-order valence-electron chi connectivity index (χ4n) is 1.17. The molecule has 1 aromatic carbocycles. The van der Waals surface area contributed by atoms with Crippen LogP contribution >= 0.6 is 12.4 Å². The number of primary amides is 1. The van der Waals surface area contributed by atoms with Crippen molar-refractivity contribution in [2.24, 2.45) is 5.73 Å². The van der Waals surface area contributed by atoms with Crippen LogP contribution in [0.4, 0.5) is 0 Å². The number of aryl methyl sites for hydroxylation is 1. The summed E-state index contributed by atoms with van der Waals surface area (Å²) in [5.41, 5.74) is 6.91.